The van der Waals surface area contributed by atoms with Crippen molar-refractivity contribution in [1.29, 1.82) is 0 Å². The number of aryl methyl sites for hydroxylation is 6. The number of thiazole rings is 5. The Balaban J connectivity index is 0.000000173. The number of para-hydroxylation sites is 1. The largest absolute Gasteiger partial charge is 1.00 e. The Kier molecular flexibility index (Phi) is 35.7. The average molecular weight is 1700 g/mol. The van der Waals surface area contributed by atoms with E-state index in [1.807, 2.05) is 153 Å². The second kappa shape index (κ2) is 45.9. The molecule has 2 aliphatic carbocycles. The average Bonchev–Trinajstić information content (AvgIpc) is 1.79. The number of hydrogen-bond donors (Lipinski definition) is 1. The number of H-pyrrole nitrogens is 1. The number of benzene rings is 2. The molecule has 3 N–H and O–H groups in total. The zero-order valence-electron chi connectivity index (χ0n) is 63.5. The Labute approximate surface area is 712 Å². The predicted molar refractivity (Wildman–Crippen MR) is 447 cm³/mol. The van der Waals surface area contributed by atoms with Crippen LogP contribution in [0.2, 0.25) is 0 Å². The Hall–Kier alpha value is -10.9. The molecule has 0 spiro atoms. The first kappa shape index (κ1) is 89.6. The van der Waals surface area contributed by atoms with Gasteiger partial charge in [0.15, 0.2) is 18.1 Å². The summed E-state index contributed by atoms with van der Waals surface area (Å²) in [7, 11) is 0. The molecule has 0 amide bonds. The molecule has 16 rings (SSSR count). The van der Waals surface area contributed by atoms with Gasteiger partial charge in [0, 0.05) is 132 Å². The quantitative estimate of drug-likeness (QED) is 0.157. The number of hydrogen-bond acceptors (Lipinski definition) is 17. The maximum absolute atomic E-state index is 12.8. The van der Waals surface area contributed by atoms with Crippen LogP contribution < -0.4 is 52.3 Å². The third-order valence-corrected chi connectivity index (χ3v) is 21.0. The first-order chi connectivity index (χ1) is 54.3. The van der Waals surface area contributed by atoms with Crippen LogP contribution in [0.25, 0.3) is 17.3 Å². The molecule has 1 aliphatic heterocycles. The topological polar surface area (TPSA) is 169 Å². The van der Waals surface area contributed by atoms with Gasteiger partial charge >= 0.3 is 6.18 Å². The van der Waals surface area contributed by atoms with Crippen LogP contribution in [0.3, 0.4) is 0 Å². The van der Waals surface area contributed by atoms with Crippen LogP contribution in [-0.2, 0) is 6.18 Å². The van der Waals surface area contributed by atoms with E-state index in [0.29, 0.717) is 39.7 Å². The van der Waals surface area contributed by atoms with E-state index in [9.17, 15) is 13.2 Å². The Morgan fingerprint density at radius 3 is 1.43 bits per heavy atom. The normalized spacial score (nSPS) is 12.5. The number of quaternary nitrogens is 1. The maximum Gasteiger partial charge on any atom is 0.416 e. The van der Waals surface area contributed by atoms with E-state index < -0.39 is 11.7 Å². The fraction of sp³-hybridized carbons (Fsp3) is 0.189. The fourth-order valence-electron chi connectivity index (χ4n) is 10.5. The minimum absolute atomic E-state index is 0. The van der Waals surface area contributed by atoms with Gasteiger partial charge in [-0.3, -0.25) is 25.3 Å². The number of aromatic nitrogens is 11. The van der Waals surface area contributed by atoms with Crippen LogP contribution in [0.4, 0.5) is 13.2 Å². The van der Waals surface area contributed by atoms with Crippen molar-refractivity contribution in [2.24, 2.45) is 0 Å². The summed E-state index contributed by atoms with van der Waals surface area (Å²) in [6, 6.07) is 32.1. The second-order valence-electron chi connectivity index (χ2n) is 25.4. The van der Waals surface area contributed by atoms with Crippen molar-refractivity contribution in [2.45, 2.75) is 110 Å². The highest BCUT2D eigenvalue weighted by Gasteiger charge is 2.31. The van der Waals surface area contributed by atoms with Crippen LogP contribution in [0.15, 0.2) is 210 Å². The van der Waals surface area contributed by atoms with Crippen molar-refractivity contribution in [2.75, 3.05) is 0 Å². The lowest BCUT2D eigenvalue weighted by atomic mass is 10.0. The molecule has 115 heavy (non-hydrogen) atoms. The van der Waals surface area contributed by atoms with E-state index >= 15 is 0 Å². The van der Waals surface area contributed by atoms with Crippen LogP contribution in [0.1, 0.15) is 172 Å². The molecule has 2 fully saturated rings. The molecule has 0 radical (unpaired) electrons. The molecule has 3 aliphatic rings. The summed E-state index contributed by atoms with van der Waals surface area (Å²) in [6.45, 7) is 17.7. The molecular formula is C90H75Cl3F3N12OS6-. The maximum atomic E-state index is 12.8. The van der Waals surface area contributed by atoms with E-state index in [-0.39, 0.29) is 37.2 Å². The summed E-state index contributed by atoms with van der Waals surface area (Å²) < 4.78 is 43.9. The number of nitrogens with one attached hydrogen (secondary N) is 1. The standard InChI is InChI=1S/C18H11F3N2S.C17H12N2OS.C16H16N2S.C14H14N2S.C13H10N2S.C12H10N2S.3ClH/c1-12-23-16(11-24-12)7-5-13-6-8-17(22-10-13)14-3-2-4-15(9-14)18(19,20)21;1-13-19-15(12-21-13)9-7-14-8-10-17(18-11-14)20-16-5-3-2-4-6-16;1-12-18-15(11-19-12)8-6-13-7-9-16(17-10-13)14-4-2-3-5-14;1-10-16-14(9-17-10)5-2-11-6-13(8-15-7-11)12-3-4-12;1-3-11-6-12(8-14-7-11)4-5-13-9-16-10(2)15-13;1-9-5-11(7-13-6-9)3-4-12-8-15-10(2)14-12;;;/h2-4,6,8-11H,1H3;2-6,8,10-12H,1H3;7,9-11,14H,2-5H2,1H3;6-10,12,16H,3-4H2,1H3;3,6-9H,1H2,2H3;5-8H,1-2H3;3*1H/p-1. The molecular weight excluding hydrogens is 1620 g/mol. The van der Waals surface area contributed by atoms with Gasteiger partial charge < -0.3 is 42.0 Å². The zero-order valence-corrected chi connectivity index (χ0v) is 70.7. The summed E-state index contributed by atoms with van der Waals surface area (Å²) in [5.74, 6) is 39.5. The van der Waals surface area contributed by atoms with Gasteiger partial charge in [-0.1, -0.05) is 97.2 Å². The number of nitrogens with two attached hydrogens (primary N) is 1. The van der Waals surface area contributed by atoms with Gasteiger partial charge in [-0.05, 0) is 205 Å². The van der Waals surface area contributed by atoms with Crippen molar-refractivity contribution < 1.29 is 65.4 Å². The van der Waals surface area contributed by atoms with E-state index in [1.54, 1.807) is 101 Å². The van der Waals surface area contributed by atoms with Crippen LogP contribution in [0, 0.1) is 113 Å². The second-order valence-corrected chi connectivity index (χ2v) is 32.0. The van der Waals surface area contributed by atoms with Gasteiger partial charge in [0.25, 0.3) is 0 Å². The molecule has 11 aromatic heterocycles. The smallest absolute Gasteiger partial charge is 0.416 e. The molecule has 2 aromatic carbocycles. The first-order valence-electron chi connectivity index (χ1n) is 35.6. The van der Waals surface area contributed by atoms with Gasteiger partial charge in [0.1, 0.15) is 39.6 Å². The SMILES string of the molecule is C=Cc1cncc(C#Cc2csc(C)n2)c1.CC1[NH2+]C(C#Cc2c[nH+]cc(C3CC3)c2)=CS1.Cc1cncc(C#Cc2csc(C)n2)c1.Cc1nc(C#Cc2ccc(-c3cccc(C(F)(F)F)c3)nc2)cs1.Cc1nc(C#Cc2ccc(C3CCCC3)nc2)cs1.Cc1nc(C#Cc2ccc(Oc3ccccc3)nc2)cs1.[Cl-].[Cl-].[Cl-]. The number of alkyl halides is 3. The lowest BCUT2D eigenvalue weighted by Crippen LogP contribution is -3.00. The summed E-state index contributed by atoms with van der Waals surface area (Å²) in [5.41, 5.74) is 15.4. The van der Waals surface area contributed by atoms with Crippen molar-refractivity contribution in [3.63, 3.8) is 0 Å². The lowest BCUT2D eigenvalue weighted by molar-refractivity contribution is -0.607. The molecule has 1 unspecified atom stereocenters. The van der Waals surface area contributed by atoms with Gasteiger partial charge in [0.2, 0.25) is 5.88 Å². The number of rotatable bonds is 6. The van der Waals surface area contributed by atoms with Crippen molar-refractivity contribution in [1.82, 2.24) is 49.8 Å². The summed E-state index contributed by atoms with van der Waals surface area (Å²) in [4.78, 5) is 45.8. The third kappa shape index (κ3) is 30.8. The number of thioether (sulfide) groups is 1. The first-order valence-corrected chi connectivity index (χ1v) is 40.9. The van der Waals surface area contributed by atoms with Crippen LogP contribution in [0.5, 0.6) is 11.6 Å². The van der Waals surface area contributed by atoms with Gasteiger partial charge in [-0.2, -0.15) is 13.2 Å². The Bertz CT molecular complexity index is 5790. The molecule has 2 saturated carbocycles. The zero-order chi connectivity index (χ0) is 78.4. The Morgan fingerprint density at radius 1 is 0.478 bits per heavy atom. The summed E-state index contributed by atoms with van der Waals surface area (Å²) >= 11 is 9.79. The highest BCUT2D eigenvalue weighted by molar-refractivity contribution is 8.02. The van der Waals surface area contributed by atoms with Crippen LogP contribution >= 0.6 is 68.4 Å². The number of allylic oxidation sites excluding steroid dienone is 1. The molecule has 1 atom stereocenters. The van der Waals surface area contributed by atoms with E-state index in [4.69, 9.17) is 4.74 Å². The third-order valence-electron chi connectivity index (χ3n) is 16.2. The highest BCUT2D eigenvalue weighted by Crippen LogP contribution is 2.39. The molecule has 13 nitrogen and oxygen atoms in total. The number of nitrogens with zero attached hydrogens (tertiary/aromatic N) is 10. The molecule has 580 valence electrons. The van der Waals surface area contributed by atoms with E-state index in [2.05, 4.69) is 174 Å². The minimum Gasteiger partial charge on any atom is -1.00 e. The molecule has 12 heterocycles. The van der Waals surface area contributed by atoms with Gasteiger partial charge in [0.05, 0.1) is 41.9 Å². The number of aromatic amines is 1. The molecule has 25 heteroatoms. The minimum atomic E-state index is -4.37. The number of pyridine rings is 6. The van der Waals surface area contributed by atoms with Crippen molar-refractivity contribution >= 4 is 74.5 Å². The summed E-state index contributed by atoms with van der Waals surface area (Å²) in [6.07, 6.45) is 21.6. The van der Waals surface area contributed by atoms with Crippen LogP contribution in [-0.4, -0.2) is 55.2 Å². The molecule has 0 bridgehead atoms. The Morgan fingerprint density at radius 2 is 0.983 bits per heavy atom. The van der Waals surface area contributed by atoms with E-state index in [1.165, 1.54) is 67.2 Å². The van der Waals surface area contributed by atoms with Gasteiger partial charge in [-0.25, -0.2) is 34.9 Å². The lowest BCUT2D eigenvalue weighted by Gasteiger charge is -2.08. The summed E-state index contributed by atoms with van der Waals surface area (Å²) in [5, 5.41) is 19.7. The van der Waals surface area contributed by atoms with Crippen molar-refractivity contribution in [3.8, 4) is 93.9 Å². The van der Waals surface area contributed by atoms with Gasteiger partial charge in [-0.15, -0.1) is 56.7 Å². The predicted octanol–water partition coefficient (Wildman–Crippen LogP) is 10.6. The van der Waals surface area contributed by atoms with Crippen molar-refractivity contribution in [3.05, 3.63) is 324 Å². The monoisotopic (exact) mass is 1690 g/mol. The van der Waals surface area contributed by atoms with E-state index in [0.717, 1.165) is 116 Å². The highest BCUT2D eigenvalue weighted by atomic mass is 35.5. The molecule has 13 aromatic rings. The number of halogens is 6. The fourth-order valence-corrected chi connectivity index (χ4v) is 14.0. The number of ether oxygens (including phenoxy) is 1. The molecule has 0 saturated heterocycles.